The summed E-state index contributed by atoms with van der Waals surface area (Å²) < 4.78 is 13.8. The third-order valence-corrected chi connectivity index (χ3v) is 4.26. The molecule has 2 aromatic rings. The van der Waals surface area contributed by atoms with Crippen LogP contribution in [0.4, 0.5) is 14.9 Å². The second kappa shape index (κ2) is 7.81. The number of carbonyl (C=O) groups excluding carboxylic acids is 1. The molecule has 0 bridgehead atoms. The fourth-order valence-electron chi connectivity index (χ4n) is 3.01. The Morgan fingerprint density at radius 1 is 1.12 bits per heavy atom. The maximum atomic E-state index is 13.8. The number of amides is 2. The molecule has 0 aromatic heterocycles. The topological polar surface area (TPSA) is 44.4 Å². The van der Waals surface area contributed by atoms with Gasteiger partial charge >= 0.3 is 6.03 Å². The zero-order chi connectivity index (χ0) is 16.8. The standard InChI is InChI=1S/C19H22FN3O/c20-17-8-4-5-9-18(17)23-13-11-16(14-23)22-19(24)21-12-10-15-6-2-1-3-7-15/h1-9,16H,10-14H2,(H2,21,22,24). The first-order chi connectivity index (χ1) is 11.7. The van der Waals surface area contributed by atoms with Crippen LogP contribution in [-0.2, 0) is 6.42 Å². The van der Waals surface area contributed by atoms with Gasteiger partial charge in [0, 0.05) is 25.7 Å². The van der Waals surface area contributed by atoms with Gasteiger partial charge in [-0.25, -0.2) is 9.18 Å². The van der Waals surface area contributed by atoms with Crippen molar-refractivity contribution in [2.45, 2.75) is 18.9 Å². The number of hydrogen-bond acceptors (Lipinski definition) is 2. The number of carbonyl (C=O) groups is 1. The predicted octanol–water partition coefficient (Wildman–Crippen LogP) is 2.95. The molecule has 0 spiro atoms. The maximum absolute atomic E-state index is 13.8. The summed E-state index contributed by atoms with van der Waals surface area (Å²) in [5, 5.41) is 5.85. The van der Waals surface area contributed by atoms with Gasteiger partial charge in [-0.3, -0.25) is 0 Å². The summed E-state index contributed by atoms with van der Waals surface area (Å²) in [5.41, 5.74) is 1.80. The first-order valence-corrected chi connectivity index (χ1v) is 8.30. The molecule has 1 aliphatic heterocycles. The van der Waals surface area contributed by atoms with Crippen LogP contribution in [0.3, 0.4) is 0 Å². The fraction of sp³-hybridized carbons (Fsp3) is 0.316. The molecule has 0 aliphatic carbocycles. The van der Waals surface area contributed by atoms with E-state index in [1.807, 2.05) is 41.3 Å². The zero-order valence-corrected chi connectivity index (χ0v) is 13.5. The molecule has 2 aromatic carbocycles. The molecule has 3 rings (SSSR count). The number of rotatable bonds is 5. The van der Waals surface area contributed by atoms with E-state index < -0.39 is 0 Å². The van der Waals surface area contributed by atoms with E-state index in [9.17, 15) is 9.18 Å². The number of urea groups is 1. The van der Waals surface area contributed by atoms with Crippen LogP contribution in [0.25, 0.3) is 0 Å². The van der Waals surface area contributed by atoms with E-state index >= 15 is 0 Å². The van der Waals surface area contributed by atoms with Crippen LogP contribution in [-0.4, -0.2) is 31.7 Å². The first-order valence-electron chi connectivity index (χ1n) is 8.30. The highest BCUT2D eigenvalue weighted by Gasteiger charge is 2.25. The van der Waals surface area contributed by atoms with Gasteiger partial charge in [-0.15, -0.1) is 0 Å². The molecule has 1 heterocycles. The van der Waals surface area contributed by atoms with Crippen molar-refractivity contribution in [3.63, 3.8) is 0 Å². The van der Waals surface area contributed by atoms with Crippen molar-refractivity contribution < 1.29 is 9.18 Å². The van der Waals surface area contributed by atoms with Crippen LogP contribution in [0, 0.1) is 5.82 Å². The van der Waals surface area contributed by atoms with Gasteiger partial charge in [-0.05, 0) is 30.5 Å². The van der Waals surface area contributed by atoms with Crippen LogP contribution in [0.15, 0.2) is 54.6 Å². The smallest absolute Gasteiger partial charge is 0.315 e. The third-order valence-electron chi connectivity index (χ3n) is 4.26. The number of nitrogens with zero attached hydrogens (tertiary/aromatic N) is 1. The van der Waals surface area contributed by atoms with Gasteiger partial charge < -0.3 is 15.5 Å². The molecule has 24 heavy (non-hydrogen) atoms. The number of para-hydroxylation sites is 1. The Morgan fingerprint density at radius 3 is 2.67 bits per heavy atom. The molecule has 1 saturated heterocycles. The van der Waals surface area contributed by atoms with Crippen molar-refractivity contribution in [3.8, 4) is 0 Å². The summed E-state index contributed by atoms with van der Waals surface area (Å²) in [6.07, 6.45) is 1.63. The van der Waals surface area contributed by atoms with Gasteiger partial charge in [0.25, 0.3) is 0 Å². The molecule has 2 N–H and O–H groups in total. The Kier molecular flexibility index (Phi) is 5.31. The average molecular weight is 327 g/mol. The van der Waals surface area contributed by atoms with Crippen LogP contribution in [0.1, 0.15) is 12.0 Å². The van der Waals surface area contributed by atoms with E-state index in [1.54, 1.807) is 12.1 Å². The lowest BCUT2D eigenvalue weighted by atomic mass is 10.1. The number of nitrogens with one attached hydrogen (secondary N) is 2. The van der Waals surface area contributed by atoms with Gasteiger partial charge in [-0.2, -0.15) is 0 Å². The van der Waals surface area contributed by atoms with Crippen molar-refractivity contribution >= 4 is 11.7 Å². The molecule has 1 aliphatic rings. The largest absolute Gasteiger partial charge is 0.367 e. The minimum atomic E-state index is -0.217. The van der Waals surface area contributed by atoms with Gasteiger partial charge in [0.05, 0.1) is 5.69 Å². The normalized spacial score (nSPS) is 16.9. The summed E-state index contributed by atoms with van der Waals surface area (Å²) in [7, 11) is 0. The molecular formula is C19H22FN3O. The maximum Gasteiger partial charge on any atom is 0.315 e. The summed E-state index contributed by atoms with van der Waals surface area (Å²) >= 11 is 0. The van der Waals surface area contributed by atoms with Crippen LogP contribution in [0.2, 0.25) is 0 Å². The highest BCUT2D eigenvalue weighted by atomic mass is 19.1. The minimum Gasteiger partial charge on any atom is -0.367 e. The van der Waals surface area contributed by atoms with Gasteiger partial charge in [0.15, 0.2) is 0 Å². The van der Waals surface area contributed by atoms with Crippen molar-refractivity contribution in [3.05, 3.63) is 66.0 Å². The highest BCUT2D eigenvalue weighted by molar-refractivity contribution is 5.74. The molecule has 1 unspecified atom stereocenters. The Labute approximate surface area is 141 Å². The van der Waals surface area contributed by atoms with E-state index in [1.165, 1.54) is 11.6 Å². The summed E-state index contributed by atoms with van der Waals surface area (Å²) in [6, 6.07) is 16.7. The SMILES string of the molecule is O=C(NCCc1ccccc1)NC1CCN(c2ccccc2F)C1. The second-order valence-electron chi connectivity index (χ2n) is 6.02. The molecule has 1 atom stereocenters. The minimum absolute atomic E-state index is 0.0429. The molecule has 1 fully saturated rings. The summed E-state index contributed by atoms with van der Waals surface area (Å²) in [4.78, 5) is 14.0. The van der Waals surface area contributed by atoms with Crippen LogP contribution in [0.5, 0.6) is 0 Å². The zero-order valence-electron chi connectivity index (χ0n) is 13.5. The summed E-state index contributed by atoms with van der Waals surface area (Å²) in [6.45, 7) is 1.97. The van der Waals surface area contributed by atoms with E-state index in [0.29, 0.717) is 18.8 Å². The Bertz CT molecular complexity index is 677. The lowest BCUT2D eigenvalue weighted by Gasteiger charge is -2.19. The number of halogens is 1. The van der Waals surface area contributed by atoms with Crippen LogP contribution >= 0.6 is 0 Å². The lowest BCUT2D eigenvalue weighted by Crippen LogP contribution is -2.44. The van der Waals surface area contributed by atoms with Crippen LogP contribution < -0.4 is 15.5 Å². The predicted molar refractivity (Wildman–Crippen MR) is 93.7 cm³/mol. The fourth-order valence-corrected chi connectivity index (χ4v) is 3.01. The highest BCUT2D eigenvalue weighted by Crippen LogP contribution is 2.23. The average Bonchev–Trinajstić information content (AvgIpc) is 3.04. The molecule has 0 saturated carbocycles. The van der Waals surface area contributed by atoms with Crippen molar-refractivity contribution in [2.24, 2.45) is 0 Å². The Balaban J connectivity index is 1.42. The number of anilines is 1. The van der Waals surface area contributed by atoms with Gasteiger partial charge in [0.1, 0.15) is 5.82 Å². The molecule has 126 valence electrons. The first kappa shape index (κ1) is 16.3. The number of benzene rings is 2. The van der Waals surface area contributed by atoms with Crippen molar-refractivity contribution in [1.29, 1.82) is 0 Å². The monoisotopic (exact) mass is 327 g/mol. The lowest BCUT2D eigenvalue weighted by molar-refractivity contribution is 0.238. The molecule has 4 nitrogen and oxygen atoms in total. The molecular weight excluding hydrogens is 305 g/mol. The second-order valence-corrected chi connectivity index (χ2v) is 6.02. The molecule has 2 amide bonds. The van der Waals surface area contributed by atoms with E-state index in [2.05, 4.69) is 10.6 Å². The molecule has 0 radical (unpaired) electrons. The molecule has 5 heteroatoms. The van der Waals surface area contributed by atoms with Crippen molar-refractivity contribution in [2.75, 3.05) is 24.5 Å². The number of hydrogen-bond donors (Lipinski definition) is 2. The van der Waals surface area contributed by atoms with E-state index in [4.69, 9.17) is 0 Å². The quantitative estimate of drug-likeness (QED) is 0.887. The Morgan fingerprint density at radius 2 is 1.88 bits per heavy atom. The third kappa shape index (κ3) is 4.25. The summed E-state index contributed by atoms with van der Waals surface area (Å²) in [5.74, 6) is -0.217. The van der Waals surface area contributed by atoms with E-state index in [0.717, 1.165) is 19.4 Å². The van der Waals surface area contributed by atoms with Crippen molar-refractivity contribution in [1.82, 2.24) is 10.6 Å². The van der Waals surface area contributed by atoms with E-state index in [-0.39, 0.29) is 17.9 Å². The van der Waals surface area contributed by atoms with Gasteiger partial charge in [-0.1, -0.05) is 42.5 Å². The van der Waals surface area contributed by atoms with Gasteiger partial charge in [0.2, 0.25) is 0 Å². The Hall–Kier alpha value is -2.56.